The number of hydrogen-bond donors (Lipinski definition) is 2. The van der Waals surface area contributed by atoms with Gasteiger partial charge >= 0.3 is 0 Å². The Morgan fingerprint density at radius 3 is 2.79 bits per heavy atom. The number of benzene rings is 1. The van der Waals surface area contributed by atoms with E-state index in [1.807, 2.05) is 32.0 Å². The van der Waals surface area contributed by atoms with Crippen molar-refractivity contribution in [1.29, 1.82) is 0 Å². The first-order valence-corrected chi connectivity index (χ1v) is 9.47. The van der Waals surface area contributed by atoms with Gasteiger partial charge in [-0.05, 0) is 50.1 Å². The molecular weight excluding hydrogens is 374 g/mol. The molecule has 0 radical (unpaired) electrons. The summed E-state index contributed by atoms with van der Waals surface area (Å²) in [6, 6.07) is 9.26. The summed E-state index contributed by atoms with van der Waals surface area (Å²) in [6.07, 6.45) is 0.838. The molecule has 0 saturated carbocycles. The molecule has 1 aliphatic heterocycles. The lowest BCUT2D eigenvalue weighted by molar-refractivity contribution is -0.134. The van der Waals surface area contributed by atoms with Crippen LogP contribution >= 0.6 is 0 Å². The molecule has 1 saturated heterocycles. The molecule has 8 heteroatoms. The van der Waals surface area contributed by atoms with E-state index in [-0.39, 0.29) is 18.9 Å². The number of ether oxygens (including phenoxy) is 1. The fourth-order valence-corrected chi connectivity index (χ4v) is 3.10. The molecule has 0 spiro atoms. The van der Waals surface area contributed by atoms with Crippen molar-refractivity contribution in [2.75, 3.05) is 6.54 Å². The van der Waals surface area contributed by atoms with Gasteiger partial charge in [-0.3, -0.25) is 25.2 Å². The normalized spacial score (nSPS) is 17.1. The summed E-state index contributed by atoms with van der Waals surface area (Å²) >= 11 is 0. The van der Waals surface area contributed by atoms with E-state index in [0.717, 1.165) is 11.1 Å². The van der Waals surface area contributed by atoms with Crippen LogP contribution < -0.4 is 15.6 Å². The van der Waals surface area contributed by atoms with Gasteiger partial charge in [-0.2, -0.15) is 0 Å². The molecule has 1 aromatic heterocycles. The van der Waals surface area contributed by atoms with E-state index in [9.17, 15) is 14.4 Å². The van der Waals surface area contributed by atoms with E-state index < -0.39 is 23.8 Å². The topological polar surface area (TPSA) is 101 Å². The Labute approximate surface area is 169 Å². The van der Waals surface area contributed by atoms with Crippen molar-refractivity contribution >= 4 is 17.7 Å². The predicted octanol–water partition coefficient (Wildman–Crippen LogP) is 1.86. The minimum atomic E-state index is -0.795. The van der Waals surface area contributed by atoms with Crippen LogP contribution in [0.3, 0.4) is 0 Å². The van der Waals surface area contributed by atoms with Crippen molar-refractivity contribution in [3.8, 4) is 5.75 Å². The molecule has 1 fully saturated rings. The predicted molar refractivity (Wildman–Crippen MR) is 105 cm³/mol. The van der Waals surface area contributed by atoms with Gasteiger partial charge in [-0.1, -0.05) is 12.1 Å². The Hall–Kier alpha value is -3.29. The summed E-state index contributed by atoms with van der Waals surface area (Å²) in [5.41, 5.74) is 6.71. The van der Waals surface area contributed by atoms with Gasteiger partial charge in [-0.15, -0.1) is 0 Å². The lowest BCUT2D eigenvalue weighted by Crippen LogP contribution is -2.49. The molecular formula is C21H25N3O5. The zero-order valence-corrected chi connectivity index (χ0v) is 16.7. The number of hydrogen-bond acceptors (Lipinski definition) is 5. The molecule has 0 bridgehead atoms. The van der Waals surface area contributed by atoms with Crippen molar-refractivity contribution in [3.05, 3.63) is 53.5 Å². The molecule has 1 aliphatic rings. The Balaban J connectivity index is 1.47. The third-order valence-electron chi connectivity index (χ3n) is 4.84. The average molecular weight is 399 g/mol. The smallest absolute Gasteiger partial charge is 0.279 e. The third-order valence-corrected chi connectivity index (χ3v) is 4.84. The summed E-state index contributed by atoms with van der Waals surface area (Å²) in [4.78, 5) is 38.3. The van der Waals surface area contributed by atoms with Crippen molar-refractivity contribution in [1.82, 2.24) is 15.8 Å². The molecule has 29 heavy (non-hydrogen) atoms. The van der Waals surface area contributed by atoms with E-state index in [1.54, 1.807) is 24.0 Å². The van der Waals surface area contributed by atoms with Gasteiger partial charge in [-0.25, -0.2) is 0 Å². The minimum absolute atomic E-state index is 0.0942. The third kappa shape index (κ3) is 5.16. The van der Waals surface area contributed by atoms with Crippen LogP contribution in [0.5, 0.6) is 5.75 Å². The molecule has 0 aliphatic carbocycles. The van der Waals surface area contributed by atoms with Gasteiger partial charge < -0.3 is 14.1 Å². The maximum absolute atomic E-state index is 12.4. The lowest BCUT2D eigenvalue weighted by Gasteiger charge is -2.18. The highest BCUT2D eigenvalue weighted by molar-refractivity contribution is 5.90. The number of aryl methyl sites for hydroxylation is 2. The molecule has 2 heterocycles. The van der Waals surface area contributed by atoms with Crippen LogP contribution in [0.25, 0.3) is 0 Å². The van der Waals surface area contributed by atoms with E-state index in [1.165, 1.54) is 6.26 Å². The quantitative estimate of drug-likeness (QED) is 0.722. The first kappa shape index (κ1) is 20.4. The second-order valence-corrected chi connectivity index (χ2v) is 7.26. The van der Waals surface area contributed by atoms with Crippen LogP contribution in [-0.2, 0) is 20.9 Å². The molecule has 3 amide bonds. The Morgan fingerprint density at radius 1 is 1.28 bits per heavy atom. The zero-order valence-electron chi connectivity index (χ0n) is 16.7. The fourth-order valence-electron chi connectivity index (χ4n) is 3.10. The number of nitrogens with one attached hydrogen (secondary N) is 2. The summed E-state index contributed by atoms with van der Waals surface area (Å²) in [6.45, 7) is 6.04. The van der Waals surface area contributed by atoms with Crippen molar-refractivity contribution in [3.63, 3.8) is 0 Å². The van der Waals surface area contributed by atoms with Crippen LogP contribution in [0.1, 0.15) is 30.2 Å². The second kappa shape index (κ2) is 8.81. The first-order chi connectivity index (χ1) is 13.8. The number of carbonyl (C=O) groups excluding carboxylic acids is 3. The maximum atomic E-state index is 12.4. The van der Waals surface area contributed by atoms with Gasteiger partial charge in [0.1, 0.15) is 11.5 Å². The maximum Gasteiger partial charge on any atom is 0.279 e. The minimum Gasteiger partial charge on any atom is -0.481 e. The standard InChI is InChI=1S/C21H25N3O5/c1-13-6-7-14(2)18(9-13)29-15(3)20(26)22-23-21(27)16-10-19(25)24(11-16)12-17-5-4-8-28-17/h4-9,15-16H,10-12H2,1-3H3,(H,22,26)(H,23,27). The summed E-state index contributed by atoms with van der Waals surface area (Å²) in [5, 5.41) is 0. The lowest BCUT2D eigenvalue weighted by atomic mass is 10.1. The Kier molecular flexibility index (Phi) is 6.21. The first-order valence-electron chi connectivity index (χ1n) is 9.47. The molecule has 154 valence electrons. The molecule has 1 aromatic carbocycles. The van der Waals surface area contributed by atoms with Gasteiger partial charge in [0.2, 0.25) is 11.8 Å². The summed E-state index contributed by atoms with van der Waals surface area (Å²) in [7, 11) is 0. The number of rotatable bonds is 6. The van der Waals surface area contributed by atoms with Crippen LogP contribution in [0.4, 0.5) is 0 Å². The fraction of sp³-hybridized carbons (Fsp3) is 0.381. The number of furan rings is 1. The largest absolute Gasteiger partial charge is 0.481 e. The zero-order chi connectivity index (χ0) is 21.0. The van der Waals surface area contributed by atoms with Crippen LogP contribution in [0.2, 0.25) is 0 Å². The molecule has 2 unspecified atom stereocenters. The Bertz CT molecular complexity index is 894. The number of nitrogens with zero attached hydrogens (tertiary/aromatic N) is 1. The molecule has 2 atom stereocenters. The van der Waals surface area contributed by atoms with Gasteiger partial charge in [0.15, 0.2) is 6.10 Å². The summed E-state index contributed by atoms with van der Waals surface area (Å²) in [5.74, 6) is -0.268. The second-order valence-electron chi connectivity index (χ2n) is 7.26. The van der Waals surface area contributed by atoms with Gasteiger partial charge in [0.05, 0.1) is 18.7 Å². The van der Waals surface area contributed by atoms with Gasteiger partial charge in [0.25, 0.3) is 5.91 Å². The van der Waals surface area contributed by atoms with Crippen LogP contribution in [-0.4, -0.2) is 35.3 Å². The van der Waals surface area contributed by atoms with Crippen molar-refractivity contribution in [2.45, 2.75) is 39.8 Å². The highest BCUT2D eigenvalue weighted by Crippen LogP contribution is 2.21. The number of carbonyl (C=O) groups is 3. The highest BCUT2D eigenvalue weighted by atomic mass is 16.5. The highest BCUT2D eigenvalue weighted by Gasteiger charge is 2.35. The van der Waals surface area contributed by atoms with Crippen LogP contribution in [0, 0.1) is 19.8 Å². The molecule has 8 nitrogen and oxygen atoms in total. The Morgan fingerprint density at radius 2 is 2.07 bits per heavy atom. The van der Waals surface area contributed by atoms with Crippen LogP contribution in [0.15, 0.2) is 41.0 Å². The number of hydrazine groups is 1. The van der Waals surface area contributed by atoms with E-state index >= 15 is 0 Å². The van der Waals surface area contributed by atoms with E-state index in [4.69, 9.17) is 9.15 Å². The van der Waals surface area contributed by atoms with Gasteiger partial charge in [0, 0.05) is 13.0 Å². The number of amides is 3. The molecule has 2 aromatic rings. The monoisotopic (exact) mass is 399 g/mol. The molecule has 2 N–H and O–H groups in total. The average Bonchev–Trinajstić information content (AvgIpc) is 3.33. The van der Waals surface area contributed by atoms with Crippen molar-refractivity contribution in [2.24, 2.45) is 5.92 Å². The van der Waals surface area contributed by atoms with Crippen molar-refractivity contribution < 1.29 is 23.5 Å². The van der Waals surface area contributed by atoms with E-state index in [0.29, 0.717) is 18.1 Å². The SMILES string of the molecule is Cc1ccc(C)c(OC(C)C(=O)NNC(=O)C2CC(=O)N(Cc3ccco3)C2)c1. The summed E-state index contributed by atoms with van der Waals surface area (Å²) < 4.78 is 10.9. The van der Waals surface area contributed by atoms with E-state index in [2.05, 4.69) is 10.9 Å². The molecule has 3 rings (SSSR count). The number of likely N-dealkylation sites (tertiary alicyclic amines) is 1.